The third kappa shape index (κ3) is 366. The second kappa shape index (κ2) is 157. The molecule has 34 heavy (non-hydrogen) atoms. The predicted molar refractivity (Wildman–Crippen MR) is 207 cm³/mol. The molecule has 0 aliphatic carbocycles. The van der Waals surface area contributed by atoms with Crippen molar-refractivity contribution in [1.82, 2.24) is 0 Å². The summed E-state index contributed by atoms with van der Waals surface area (Å²) < 4.78 is 0. The van der Waals surface area contributed by atoms with E-state index in [2.05, 4.69) is 80.6 Å². The number of hydrogen-bond acceptors (Lipinski definition) is 6. The van der Waals surface area contributed by atoms with Gasteiger partial charge in [0.05, 0.1) is 0 Å². The van der Waals surface area contributed by atoms with Crippen LogP contribution in [0.5, 0.6) is 0 Å². The van der Waals surface area contributed by atoms with Gasteiger partial charge in [0.15, 0.2) is 0 Å². The molecule has 0 aromatic carbocycles. The summed E-state index contributed by atoms with van der Waals surface area (Å²) in [6, 6.07) is 0. The highest BCUT2D eigenvalue weighted by molar-refractivity contribution is 8.15. The summed E-state index contributed by atoms with van der Waals surface area (Å²) in [5, 5.41) is 1.27. The van der Waals surface area contributed by atoms with Crippen LogP contribution in [0.25, 0.3) is 0 Å². The van der Waals surface area contributed by atoms with Gasteiger partial charge in [-0.2, -0.15) is 72.3 Å². The number of hydrogen-bond donors (Lipinski definition) is 2. The number of thiol groups is 2. The molecule has 0 spiro atoms. The van der Waals surface area contributed by atoms with Crippen LogP contribution in [0.1, 0.15) is 135 Å². The fourth-order valence-corrected chi connectivity index (χ4v) is 3.26. The summed E-state index contributed by atoms with van der Waals surface area (Å²) in [6.07, 6.45) is 1.25. The van der Waals surface area contributed by atoms with Gasteiger partial charge in [-0.05, 0) is 46.0 Å². The van der Waals surface area contributed by atoms with Crippen LogP contribution >= 0.6 is 72.3 Å². The third-order valence-corrected chi connectivity index (χ3v) is 5.17. The average Bonchev–Trinajstić information content (AvgIpc) is 2.60. The Balaban J connectivity index is -0.0000000115. The molecule has 0 atom stereocenters. The van der Waals surface area contributed by atoms with Crippen LogP contribution in [0.4, 0.5) is 0 Å². The Morgan fingerprint density at radius 2 is 0.471 bits per heavy atom. The van der Waals surface area contributed by atoms with Gasteiger partial charge >= 0.3 is 0 Å². The second-order valence-electron chi connectivity index (χ2n) is 4.01. The lowest BCUT2D eigenvalue weighted by molar-refractivity contribution is 1.09. The molecule has 0 aromatic heterocycles. The zero-order chi connectivity index (χ0) is 21.9. The summed E-state index contributed by atoms with van der Waals surface area (Å²) >= 11 is 15.5. The van der Waals surface area contributed by atoms with E-state index in [1.54, 1.807) is 0 Å². The van der Waals surface area contributed by atoms with E-state index in [-0.39, 0.29) is 59.4 Å². The fourth-order valence-electron chi connectivity index (χ4n) is 0.634. The molecule has 0 aliphatic heterocycles. The molecule has 0 radical (unpaired) electrons. The minimum atomic E-state index is 0. The van der Waals surface area contributed by atoms with Crippen LogP contribution < -0.4 is 0 Å². The van der Waals surface area contributed by atoms with E-state index in [0.717, 1.165) is 11.5 Å². The number of thioether (sulfide) groups is 4. The molecule has 0 amide bonds. The van der Waals surface area contributed by atoms with E-state index in [0.29, 0.717) is 0 Å². The fraction of sp³-hybridized carbons (Fsp3) is 1.00. The van der Waals surface area contributed by atoms with Crippen LogP contribution in [0, 0.1) is 0 Å². The van der Waals surface area contributed by atoms with Crippen LogP contribution in [-0.2, 0) is 0 Å². The van der Waals surface area contributed by atoms with Crippen molar-refractivity contribution in [2.75, 3.05) is 51.1 Å². The van der Waals surface area contributed by atoms with E-state index < -0.39 is 0 Å². The van der Waals surface area contributed by atoms with Crippen molar-refractivity contribution < 1.29 is 0 Å². The topological polar surface area (TPSA) is 0 Å². The van der Waals surface area contributed by atoms with E-state index in [1.807, 2.05) is 60.9 Å². The van der Waals surface area contributed by atoms with E-state index in [9.17, 15) is 0 Å². The van der Waals surface area contributed by atoms with Crippen molar-refractivity contribution in [3.8, 4) is 0 Å². The van der Waals surface area contributed by atoms with Crippen LogP contribution in [0.3, 0.4) is 0 Å². The van der Waals surface area contributed by atoms with Gasteiger partial charge in [0, 0.05) is 5.08 Å². The molecule has 0 bridgehead atoms. The monoisotopic (exact) mass is 612 g/mol. The Hall–Kier alpha value is 2.10. The summed E-state index contributed by atoms with van der Waals surface area (Å²) in [7, 11) is 0. The average molecular weight is 613 g/mol. The van der Waals surface area contributed by atoms with E-state index in [1.165, 1.54) is 46.0 Å². The van der Waals surface area contributed by atoms with Gasteiger partial charge in [-0.25, -0.2) is 0 Å². The Morgan fingerprint density at radius 3 is 0.529 bits per heavy atom. The first-order valence-electron chi connectivity index (χ1n) is 10.0. The highest BCUT2D eigenvalue weighted by atomic mass is 32.2. The number of rotatable bonds is 8. The molecule has 0 rings (SSSR count). The molecule has 6 heteroatoms. The van der Waals surface area contributed by atoms with Crippen molar-refractivity contribution in [3.63, 3.8) is 0 Å². The maximum absolute atomic E-state index is 3.79. The SMILES string of the molecule is C.C.C.C.C.C.C.C.CCC.CCS.CCS.CCSCC.CCSCC.CCSCSCC. The highest BCUT2D eigenvalue weighted by Crippen LogP contribution is 2.09. The molecule has 0 fully saturated rings. The first kappa shape index (κ1) is 91.1. The molecule has 0 saturated carbocycles. The first-order valence-corrected chi connectivity index (χ1v) is 15.9. The molecule has 0 aromatic rings. The lowest BCUT2D eigenvalue weighted by Gasteiger charge is -1.91. The van der Waals surface area contributed by atoms with Gasteiger partial charge in [0.1, 0.15) is 0 Å². The third-order valence-electron chi connectivity index (χ3n) is 1.39. The summed E-state index contributed by atoms with van der Waals surface area (Å²) in [6.45, 7) is 21.3. The normalized spacial score (nSPS) is 6.00. The van der Waals surface area contributed by atoms with Gasteiger partial charge in [-0.1, -0.05) is 135 Å². The standard InChI is InChI=1S/C5H12S2.2C4H10S.C3H8.2C2H6S.8CH4/c1-3-6-5-7-4-2;2*1-3-5-4-2;1-3-2;2*1-2-3;;;;;;;;/h3-5H2,1-2H3;2*3-4H2,1-2H3;3H2,1-2H3;2*3H,2H2,1H3;8*1H4. The van der Waals surface area contributed by atoms with Crippen molar-refractivity contribution in [2.45, 2.75) is 135 Å². The maximum atomic E-state index is 3.79. The Labute approximate surface area is 256 Å². The lowest BCUT2D eigenvalue weighted by Crippen LogP contribution is -1.71. The zero-order valence-corrected chi connectivity index (χ0v) is 24.7. The van der Waals surface area contributed by atoms with Gasteiger partial charge in [0.25, 0.3) is 0 Å². The molecule has 0 N–H and O–H groups in total. The minimum Gasteiger partial charge on any atom is -0.180 e. The lowest BCUT2D eigenvalue weighted by atomic mass is 10.6. The smallest absolute Gasteiger partial charge is 0.0391 e. The quantitative estimate of drug-likeness (QED) is 0.159. The molecule has 0 unspecified atom stereocenters. The van der Waals surface area contributed by atoms with Gasteiger partial charge in [0.2, 0.25) is 0 Å². The first-order chi connectivity index (χ1) is 12.5. The van der Waals surface area contributed by atoms with Crippen LogP contribution in [0.2, 0.25) is 0 Å². The Morgan fingerprint density at radius 1 is 0.353 bits per heavy atom. The van der Waals surface area contributed by atoms with Gasteiger partial charge < -0.3 is 0 Å². The van der Waals surface area contributed by atoms with Crippen molar-refractivity contribution in [1.29, 1.82) is 0 Å². The molecule has 232 valence electrons. The minimum absolute atomic E-state index is 0. The zero-order valence-electron chi connectivity index (χ0n) is 19.6. The van der Waals surface area contributed by atoms with E-state index in [4.69, 9.17) is 0 Å². The molecule has 0 nitrogen and oxygen atoms in total. The Kier molecular flexibility index (Phi) is 422. The van der Waals surface area contributed by atoms with Crippen LogP contribution in [0.15, 0.2) is 0 Å². The predicted octanol–water partition coefficient (Wildman–Crippen LogP) is 14.3. The molecule has 0 heterocycles. The molecule has 0 saturated heterocycles. The second-order valence-corrected chi connectivity index (χ2v) is 11.3. The highest BCUT2D eigenvalue weighted by Gasteiger charge is 1.79. The van der Waals surface area contributed by atoms with Crippen molar-refractivity contribution in [3.05, 3.63) is 0 Å². The van der Waals surface area contributed by atoms with E-state index >= 15 is 0 Å². The summed E-state index contributed by atoms with van der Waals surface area (Å²) in [4.78, 5) is 0. The Bertz CT molecular complexity index is 111. The molecular formula is C28H84S6. The van der Waals surface area contributed by atoms with Gasteiger partial charge in [-0.15, -0.1) is 0 Å². The van der Waals surface area contributed by atoms with Gasteiger partial charge in [-0.3, -0.25) is 0 Å². The van der Waals surface area contributed by atoms with Crippen molar-refractivity contribution in [2.24, 2.45) is 0 Å². The largest absolute Gasteiger partial charge is 0.180 e. The summed E-state index contributed by atoms with van der Waals surface area (Å²) in [5.74, 6) is 9.44. The van der Waals surface area contributed by atoms with Crippen molar-refractivity contribution >= 4 is 72.3 Å². The summed E-state index contributed by atoms with van der Waals surface area (Å²) in [5.41, 5.74) is 0. The maximum Gasteiger partial charge on any atom is 0.0391 e. The molecule has 0 aliphatic rings. The van der Waals surface area contributed by atoms with Crippen LogP contribution in [-0.4, -0.2) is 51.1 Å². The molecular weight excluding hydrogens is 529 g/mol.